The number of amides is 1. The summed E-state index contributed by atoms with van der Waals surface area (Å²) in [5.41, 5.74) is 4.90. The average molecular weight is 613 g/mol. The minimum absolute atomic E-state index is 0.0297. The maximum Gasteiger partial charge on any atom is 0.436 e. The number of amidine groups is 1. The molecule has 11 nitrogen and oxygen atoms in total. The number of nitrogens with two attached hydrogens (primary N) is 1. The van der Waals surface area contributed by atoms with E-state index in [1.165, 1.54) is 4.90 Å². The topological polar surface area (TPSA) is 120 Å². The molecule has 4 aliphatic heterocycles. The van der Waals surface area contributed by atoms with Gasteiger partial charge in [-0.15, -0.1) is 0 Å². The first kappa shape index (κ1) is 28.6. The minimum atomic E-state index is -5.02. The van der Waals surface area contributed by atoms with Crippen LogP contribution in [0.5, 0.6) is 0 Å². The van der Waals surface area contributed by atoms with Crippen LogP contribution in [0.4, 0.5) is 17.6 Å². The van der Waals surface area contributed by atoms with Gasteiger partial charge in [-0.1, -0.05) is 6.08 Å². The number of carbonyl (C=O) groups excluding carboxylic acids is 1. The van der Waals surface area contributed by atoms with E-state index in [9.17, 15) is 22.4 Å². The lowest BCUT2D eigenvalue weighted by Gasteiger charge is -2.52. The summed E-state index contributed by atoms with van der Waals surface area (Å²) >= 11 is 0. The lowest BCUT2D eigenvalue weighted by molar-refractivity contribution is -0.143. The zero-order valence-electron chi connectivity index (χ0n) is 24.3. The van der Waals surface area contributed by atoms with Gasteiger partial charge in [0.25, 0.3) is 5.91 Å². The lowest BCUT2D eigenvalue weighted by atomic mass is 9.88. The Balaban J connectivity index is 1.04. The van der Waals surface area contributed by atoms with Crippen molar-refractivity contribution in [3.8, 4) is 0 Å². The van der Waals surface area contributed by atoms with Crippen molar-refractivity contribution in [3.05, 3.63) is 70.8 Å². The summed E-state index contributed by atoms with van der Waals surface area (Å²) in [5.74, 6) is -1.53. The van der Waals surface area contributed by atoms with Crippen molar-refractivity contribution >= 4 is 18.1 Å². The van der Waals surface area contributed by atoms with Crippen LogP contribution in [0.2, 0.25) is 0 Å². The van der Waals surface area contributed by atoms with Crippen molar-refractivity contribution in [2.45, 2.75) is 36.6 Å². The molecular weight excluding hydrogens is 580 g/mol. The number of hydrogen-bond donors (Lipinski definition) is 2. The highest BCUT2D eigenvalue weighted by molar-refractivity contribution is 6.04. The quantitative estimate of drug-likeness (QED) is 0.460. The van der Waals surface area contributed by atoms with Crippen LogP contribution in [0.1, 0.15) is 40.2 Å². The minimum Gasteiger partial charge on any atom is -0.370 e. The number of nitrogens with zero attached hydrogens (tertiary/aromatic N) is 8. The molecule has 0 aromatic carbocycles. The predicted octanol–water partition coefficient (Wildman–Crippen LogP) is 2.04. The van der Waals surface area contributed by atoms with Crippen LogP contribution in [-0.4, -0.2) is 94.4 Å². The highest BCUT2D eigenvalue weighted by Gasteiger charge is 2.73. The first-order chi connectivity index (χ1) is 20.9. The van der Waals surface area contributed by atoms with Crippen LogP contribution in [0.3, 0.4) is 0 Å². The van der Waals surface area contributed by atoms with Crippen LogP contribution in [0.25, 0.3) is 0 Å². The molecule has 0 bridgehead atoms. The van der Waals surface area contributed by atoms with Gasteiger partial charge < -0.3 is 25.8 Å². The zero-order chi connectivity index (χ0) is 31.1. The molecule has 1 aliphatic carbocycles. The van der Waals surface area contributed by atoms with Crippen LogP contribution in [-0.2, 0) is 23.8 Å². The number of aromatic nitrogens is 3. The fourth-order valence-electron chi connectivity index (χ4n) is 6.90. The molecule has 1 amide bonds. The number of likely N-dealkylation sites (tertiary alicyclic amines) is 1. The molecule has 1 saturated heterocycles. The van der Waals surface area contributed by atoms with E-state index in [1.54, 1.807) is 25.3 Å². The SMILES string of the molecule is CN(C)Cc1cc(C(=O)N2CC=C(N3CC(CN)(n4cc(C56CC57C=CNC7=NC=N6)cn4)C3)CC2)c(F)c(C(F)(F)F)n1. The van der Waals surface area contributed by atoms with E-state index in [0.29, 0.717) is 26.1 Å². The number of alkyl halides is 3. The first-order valence-corrected chi connectivity index (χ1v) is 14.4. The van der Waals surface area contributed by atoms with E-state index in [2.05, 4.69) is 26.3 Å². The van der Waals surface area contributed by atoms with E-state index in [4.69, 9.17) is 15.8 Å². The van der Waals surface area contributed by atoms with Gasteiger partial charge in [0.05, 0.1) is 22.9 Å². The predicted molar refractivity (Wildman–Crippen MR) is 153 cm³/mol. The maximum absolute atomic E-state index is 14.9. The molecule has 44 heavy (non-hydrogen) atoms. The fourth-order valence-corrected chi connectivity index (χ4v) is 6.90. The maximum atomic E-state index is 14.9. The van der Waals surface area contributed by atoms with Gasteiger partial charge in [0, 0.05) is 63.1 Å². The van der Waals surface area contributed by atoms with Gasteiger partial charge in [0.15, 0.2) is 11.5 Å². The fraction of sp³-hybridized carbons (Fsp3) is 0.483. The number of carbonyl (C=O) groups is 1. The van der Waals surface area contributed by atoms with E-state index < -0.39 is 40.2 Å². The number of aliphatic imine (C=N–C) groups is 2. The van der Waals surface area contributed by atoms with Gasteiger partial charge in [0.2, 0.25) is 0 Å². The Bertz CT molecular complexity index is 1650. The Morgan fingerprint density at radius 3 is 2.73 bits per heavy atom. The third-order valence-electron chi connectivity index (χ3n) is 9.39. The Morgan fingerprint density at radius 1 is 1.25 bits per heavy atom. The summed E-state index contributed by atoms with van der Waals surface area (Å²) in [6, 6.07) is 1.12. The molecular formula is C29H32F4N10O. The standard InChI is InChI=1S/C29H32F4N10O/c1-40(2)12-19-9-21(22(30)23(39-19)29(31,32)33)24(44)41-7-3-20(4-8-41)42-15-26(14-34,16-42)43-11-18(10-38-43)28-13-27(28)5-6-35-25(27)36-17-37-28/h3,5-6,9-11,17H,4,7-8,12-16,34H2,1-2H3,(H,35,36,37). The van der Waals surface area contributed by atoms with Crippen molar-refractivity contribution in [1.29, 1.82) is 0 Å². The van der Waals surface area contributed by atoms with Crippen molar-refractivity contribution in [1.82, 2.24) is 34.8 Å². The van der Waals surface area contributed by atoms with Gasteiger partial charge in [-0.2, -0.15) is 18.3 Å². The molecule has 1 saturated carbocycles. The van der Waals surface area contributed by atoms with Crippen LogP contribution in [0, 0.1) is 11.2 Å². The Kier molecular flexibility index (Phi) is 6.31. The van der Waals surface area contributed by atoms with Gasteiger partial charge in [-0.25, -0.2) is 14.4 Å². The van der Waals surface area contributed by atoms with Gasteiger partial charge >= 0.3 is 6.18 Å². The number of hydrogen-bond acceptors (Lipinski definition) is 9. The van der Waals surface area contributed by atoms with Crippen LogP contribution in [0.15, 0.2) is 52.5 Å². The molecule has 15 heteroatoms. The molecule has 1 spiro atoms. The Hall–Kier alpha value is -4.11. The van der Waals surface area contributed by atoms with Crippen molar-refractivity contribution in [3.63, 3.8) is 0 Å². The Morgan fingerprint density at radius 2 is 2.05 bits per heavy atom. The molecule has 2 unspecified atom stereocenters. The molecule has 232 valence electrons. The van der Waals surface area contributed by atoms with Crippen molar-refractivity contribution in [2.75, 3.05) is 46.8 Å². The molecule has 2 aromatic heterocycles. The smallest absolute Gasteiger partial charge is 0.370 e. The van der Waals surface area contributed by atoms with Gasteiger partial charge in [0.1, 0.15) is 23.3 Å². The molecule has 6 heterocycles. The molecule has 5 aliphatic rings. The van der Waals surface area contributed by atoms with E-state index in [0.717, 1.165) is 29.6 Å². The van der Waals surface area contributed by atoms with Crippen molar-refractivity contribution in [2.24, 2.45) is 21.1 Å². The van der Waals surface area contributed by atoms with E-state index >= 15 is 0 Å². The first-order valence-electron chi connectivity index (χ1n) is 14.4. The summed E-state index contributed by atoms with van der Waals surface area (Å²) in [5, 5.41) is 7.91. The molecule has 0 radical (unpaired) electrons. The highest BCUT2D eigenvalue weighted by Crippen LogP contribution is 2.69. The zero-order valence-corrected chi connectivity index (χ0v) is 24.3. The summed E-state index contributed by atoms with van der Waals surface area (Å²) in [6.45, 7) is 2.01. The summed E-state index contributed by atoms with van der Waals surface area (Å²) in [6.07, 6.45) is 7.66. The molecule has 3 N–H and O–H groups in total. The second kappa shape index (κ2) is 9.69. The van der Waals surface area contributed by atoms with Crippen LogP contribution >= 0.6 is 0 Å². The van der Waals surface area contributed by atoms with Crippen molar-refractivity contribution < 1.29 is 22.4 Å². The summed E-state index contributed by atoms with van der Waals surface area (Å²) in [4.78, 5) is 31.0. The number of nitrogens with one attached hydrogen (secondary N) is 1. The number of halogens is 4. The van der Waals surface area contributed by atoms with E-state index in [1.807, 2.05) is 29.4 Å². The van der Waals surface area contributed by atoms with Gasteiger partial charge in [-0.3, -0.25) is 14.5 Å². The molecule has 2 fully saturated rings. The normalized spacial score (nSPS) is 26.5. The Labute approximate surface area is 250 Å². The van der Waals surface area contributed by atoms with Crippen LogP contribution < -0.4 is 11.1 Å². The van der Waals surface area contributed by atoms with E-state index in [-0.39, 0.29) is 30.7 Å². The largest absolute Gasteiger partial charge is 0.436 e. The van der Waals surface area contributed by atoms with Gasteiger partial charge in [-0.05, 0) is 38.9 Å². The summed E-state index contributed by atoms with van der Waals surface area (Å²) in [7, 11) is 3.31. The third-order valence-corrected chi connectivity index (χ3v) is 9.39. The second-order valence-electron chi connectivity index (χ2n) is 12.4. The molecule has 2 atom stereocenters. The number of rotatable bonds is 7. The second-order valence-corrected chi connectivity index (χ2v) is 12.4. The monoisotopic (exact) mass is 612 g/mol. The lowest BCUT2D eigenvalue weighted by Crippen LogP contribution is -2.66. The average Bonchev–Trinajstić information content (AvgIpc) is 3.23. The third kappa shape index (κ3) is 4.19. The summed E-state index contributed by atoms with van der Waals surface area (Å²) < 4.78 is 57.5. The molecule has 7 rings (SSSR count). The number of pyridine rings is 1. The molecule has 2 aromatic rings. The highest BCUT2D eigenvalue weighted by atomic mass is 19.4.